The van der Waals surface area contributed by atoms with Gasteiger partial charge in [-0.3, -0.25) is 5.32 Å². The zero-order valence-electron chi connectivity index (χ0n) is 13.4. The highest BCUT2D eigenvalue weighted by molar-refractivity contribution is 7.22. The maximum absolute atomic E-state index is 12.8. The molecule has 26 heavy (non-hydrogen) atoms. The van der Waals surface area contributed by atoms with Crippen LogP contribution in [0.5, 0.6) is 0 Å². The van der Waals surface area contributed by atoms with Crippen LogP contribution in [0.3, 0.4) is 0 Å². The van der Waals surface area contributed by atoms with Crippen molar-refractivity contribution < 1.29 is 9.18 Å². The molecule has 1 aromatic heterocycles. The molecule has 0 aliphatic rings. The number of halogens is 1. The van der Waals surface area contributed by atoms with E-state index in [2.05, 4.69) is 20.8 Å². The van der Waals surface area contributed by atoms with E-state index in [1.54, 1.807) is 12.1 Å². The first kappa shape index (κ1) is 16.2. The number of thiazole rings is 1. The van der Waals surface area contributed by atoms with E-state index in [0.29, 0.717) is 10.7 Å². The van der Waals surface area contributed by atoms with Crippen molar-refractivity contribution in [3.05, 3.63) is 72.0 Å². The van der Waals surface area contributed by atoms with Gasteiger partial charge in [0.15, 0.2) is 5.13 Å². The smallest absolute Gasteiger partial charge is 0.282 e. The van der Waals surface area contributed by atoms with Gasteiger partial charge < -0.3 is 0 Å². The van der Waals surface area contributed by atoms with Gasteiger partial charge in [-0.1, -0.05) is 53.8 Å². The van der Waals surface area contributed by atoms with Crippen LogP contribution in [0.1, 0.15) is 5.56 Å². The van der Waals surface area contributed by atoms with Crippen LogP contribution in [0.4, 0.5) is 14.3 Å². The number of nitrogens with zero attached hydrogens (tertiary/aromatic N) is 2. The molecular weight excluding hydrogens is 351 g/mol. The normalized spacial score (nSPS) is 11.3. The lowest BCUT2D eigenvalue weighted by molar-refractivity contribution is 0.252. The van der Waals surface area contributed by atoms with Gasteiger partial charge in [0.05, 0.1) is 16.4 Å². The number of carbonyl (C=O) groups excluding carboxylic acids is 1. The lowest BCUT2D eigenvalue weighted by atomic mass is 10.1. The molecule has 0 saturated heterocycles. The fraction of sp³-hybridized carbons (Fsp3) is 0. The van der Waals surface area contributed by atoms with Crippen LogP contribution in [0.15, 0.2) is 65.8 Å². The second kappa shape index (κ2) is 6.89. The Morgan fingerprint density at radius 3 is 2.73 bits per heavy atom. The molecule has 4 rings (SSSR count). The fourth-order valence-electron chi connectivity index (χ4n) is 2.55. The molecule has 0 fully saturated rings. The van der Waals surface area contributed by atoms with Crippen LogP contribution in [-0.4, -0.2) is 17.2 Å². The van der Waals surface area contributed by atoms with Crippen molar-refractivity contribution in [3.63, 3.8) is 0 Å². The van der Waals surface area contributed by atoms with Gasteiger partial charge in [0, 0.05) is 5.39 Å². The lowest BCUT2D eigenvalue weighted by Gasteiger charge is -1.99. The molecular formula is C19H13FN4OS. The monoisotopic (exact) mass is 364 g/mol. The van der Waals surface area contributed by atoms with E-state index < -0.39 is 6.03 Å². The number of nitrogens with one attached hydrogen (secondary N) is 2. The number of anilines is 1. The van der Waals surface area contributed by atoms with Gasteiger partial charge >= 0.3 is 6.03 Å². The highest BCUT2D eigenvalue weighted by Gasteiger charge is 2.09. The molecule has 0 spiro atoms. The summed E-state index contributed by atoms with van der Waals surface area (Å²) < 4.78 is 13.8. The minimum absolute atomic E-state index is 0.323. The summed E-state index contributed by atoms with van der Waals surface area (Å²) in [5, 5.41) is 9.15. The van der Waals surface area contributed by atoms with E-state index in [4.69, 9.17) is 0 Å². The predicted octanol–water partition coefficient (Wildman–Crippen LogP) is 4.74. The van der Waals surface area contributed by atoms with Crippen molar-refractivity contribution in [1.29, 1.82) is 0 Å². The number of amides is 2. The maximum atomic E-state index is 12.8. The minimum Gasteiger partial charge on any atom is -0.282 e. The molecule has 4 aromatic rings. The van der Waals surface area contributed by atoms with Crippen molar-refractivity contribution in [3.8, 4) is 0 Å². The Kier molecular flexibility index (Phi) is 4.28. The molecule has 7 heteroatoms. The number of rotatable bonds is 3. The third-order valence-electron chi connectivity index (χ3n) is 3.75. The predicted molar refractivity (Wildman–Crippen MR) is 103 cm³/mol. The van der Waals surface area contributed by atoms with Gasteiger partial charge in [-0.2, -0.15) is 5.10 Å². The first-order valence-electron chi connectivity index (χ1n) is 7.83. The van der Waals surface area contributed by atoms with E-state index >= 15 is 0 Å². The number of hydrogen-bond donors (Lipinski definition) is 2. The molecule has 0 unspecified atom stereocenters. The Morgan fingerprint density at radius 2 is 1.88 bits per heavy atom. The van der Waals surface area contributed by atoms with Crippen LogP contribution in [0.25, 0.3) is 21.0 Å². The van der Waals surface area contributed by atoms with Crippen molar-refractivity contribution in [1.82, 2.24) is 10.4 Å². The van der Waals surface area contributed by atoms with E-state index in [1.807, 2.05) is 36.4 Å². The third-order valence-corrected chi connectivity index (χ3v) is 4.69. The average molecular weight is 364 g/mol. The summed E-state index contributed by atoms with van der Waals surface area (Å²) in [6, 6.07) is 17.3. The second-order valence-corrected chi connectivity index (χ2v) is 6.56. The quantitative estimate of drug-likeness (QED) is 0.407. The Labute approximate surface area is 152 Å². The number of benzene rings is 3. The maximum Gasteiger partial charge on any atom is 0.341 e. The fourth-order valence-corrected chi connectivity index (χ4v) is 3.43. The number of hydrogen-bond acceptors (Lipinski definition) is 4. The highest BCUT2D eigenvalue weighted by atomic mass is 32.1. The van der Waals surface area contributed by atoms with E-state index in [0.717, 1.165) is 21.0 Å². The lowest BCUT2D eigenvalue weighted by Crippen LogP contribution is -2.24. The molecule has 0 aliphatic carbocycles. The van der Waals surface area contributed by atoms with E-state index in [1.165, 1.54) is 29.7 Å². The summed E-state index contributed by atoms with van der Waals surface area (Å²) in [7, 11) is 0. The minimum atomic E-state index is -0.494. The molecule has 3 aromatic carbocycles. The van der Waals surface area contributed by atoms with Crippen LogP contribution >= 0.6 is 11.3 Å². The Bertz CT molecular complexity index is 1120. The summed E-state index contributed by atoms with van der Waals surface area (Å²) in [6.07, 6.45) is 1.44. The molecule has 0 radical (unpaired) electrons. The third kappa shape index (κ3) is 3.38. The standard InChI is InChI=1S/C19H13FN4OS/c20-14-8-5-12(6-9-14)11-21-24-18(25)23-19-22-17-15-4-2-1-3-13(15)7-10-16(17)26-19/h1-11H,(H2,22,23,24,25)/b21-11+. The molecule has 2 amide bonds. The zero-order valence-corrected chi connectivity index (χ0v) is 14.3. The van der Waals surface area contributed by atoms with Gasteiger partial charge in [0.25, 0.3) is 0 Å². The molecule has 0 atom stereocenters. The van der Waals surface area contributed by atoms with Gasteiger partial charge in [-0.05, 0) is 29.1 Å². The SMILES string of the molecule is O=C(N/N=C/c1ccc(F)cc1)Nc1nc2c(ccc3ccccc32)s1. The van der Waals surface area contributed by atoms with Gasteiger partial charge in [0.1, 0.15) is 5.82 Å². The van der Waals surface area contributed by atoms with Crippen LogP contribution < -0.4 is 10.7 Å². The summed E-state index contributed by atoms with van der Waals surface area (Å²) in [5.41, 5.74) is 3.91. The van der Waals surface area contributed by atoms with E-state index in [9.17, 15) is 9.18 Å². The van der Waals surface area contributed by atoms with Gasteiger partial charge in [-0.15, -0.1) is 0 Å². The topological polar surface area (TPSA) is 66.4 Å². The zero-order chi connectivity index (χ0) is 17.9. The Morgan fingerprint density at radius 1 is 1.08 bits per heavy atom. The number of carbonyl (C=O) groups is 1. The molecule has 2 N–H and O–H groups in total. The van der Waals surface area contributed by atoms with Crippen molar-refractivity contribution >= 4 is 49.7 Å². The summed E-state index contributed by atoms with van der Waals surface area (Å²) >= 11 is 1.40. The van der Waals surface area contributed by atoms with Crippen molar-refractivity contribution in [2.75, 3.05) is 5.32 Å². The summed E-state index contributed by atoms with van der Waals surface area (Å²) in [6.45, 7) is 0. The number of aromatic nitrogens is 1. The average Bonchev–Trinajstić information content (AvgIpc) is 3.06. The van der Waals surface area contributed by atoms with Gasteiger partial charge in [0.2, 0.25) is 0 Å². The number of fused-ring (bicyclic) bond motifs is 3. The number of hydrazone groups is 1. The molecule has 1 heterocycles. The molecule has 128 valence electrons. The first-order chi connectivity index (χ1) is 12.7. The van der Waals surface area contributed by atoms with Crippen LogP contribution in [-0.2, 0) is 0 Å². The van der Waals surface area contributed by atoms with Crippen LogP contribution in [0.2, 0.25) is 0 Å². The van der Waals surface area contributed by atoms with Gasteiger partial charge in [-0.25, -0.2) is 19.6 Å². The summed E-state index contributed by atoms with van der Waals surface area (Å²) in [5.74, 6) is -0.323. The van der Waals surface area contributed by atoms with Crippen LogP contribution in [0, 0.1) is 5.82 Å². The highest BCUT2D eigenvalue weighted by Crippen LogP contribution is 2.31. The Hall–Kier alpha value is -3.32. The van der Waals surface area contributed by atoms with E-state index in [-0.39, 0.29) is 5.82 Å². The number of urea groups is 1. The molecule has 0 bridgehead atoms. The largest absolute Gasteiger partial charge is 0.341 e. The molecule has 0 saturated carbocycles. The summed E-state index contributed by atoms with van der Waals surface area (Å²) in [4.78, 5) is 16.5. The van der Waals surface area contributed by atoms with Crippen molar-refractivity contribution in [2.24, 2.45) is 5.10 Å². The Balaban J connectivity index is 1.47. The molecule has 5 nitrogen and oxygen atoms in total. The second-order valence-electron chi connectivity index (χ2n) is 5.53. The van der Waals surface area contributed by atoms with Crippen molar-refractivity contribution in [2.45, 2.75) is 0 Å². The first-order valence-corrected chi connectivity index (χ1v) is 8.64. The molecule has 0 aliphatic heterocycles.